The second-order valence-corrected chi connectivity index (χ2v) is 7.68. The summed E-state index contributed by atoms with van der Waals surface area (Å²) in [7, 11) is 1.48. The molecule has 1 atom stereocenters. The quantitative estimate of drug-likeness (QED) is 0.350. The van der Waals surface area contributed by atoms with Gasteiger partial charge in [-0.3, -0.25) is 9.59 Å². The smallest absolute Gasteiger partial charge is 0.296 e. The van der Waals surface area contributed by atoms with E-state index in [0.29, 0.717) is 22.6 Å². The monoisotopic (exact) mass is 437 g/mol. The summed E-state index contributed by atoms with van der Waals surface area (Å²) in [5, 5.41) is 11.4. The number of ketones is 1. The second-order valence-electron chi connectivity index (χ2n) is 7.27. The summed E-state index contributed by atoms with van der Waals surface area (Å²) in [4.78, 5) is 27.4. The summed E-state index contributed by atoms with van der Waals surface area (Å²) in [6.07, 6.45) is 1.51. The number of Topliss-reactive ketones (excluding diaryl/α,β-unsaturated/α-hetero) is 1. The maximum atomic E-state index is 13.0. The van der Waals surface area contributed by atoms with Crippen LogP contribution in [-0.2, 0) is 16.1 Å². The van der Waals surface area contributed by atoms with E-state index in [2.05, 4.69) is 0 Å². The molecule has 31 heavy (non-hydrogen) atoms. The molecule has 1 aliphatic rings. The third-order valence-electron chi connectivity index (χ3n) is 5.23. The number of aliphatic hydroxyl groups is 1. The minimum absolute atomic E-state index is 0.00314. The van der Waals surface area contributed by atoms with Gasteiger partial charge in [0.2, 0.25) is 0 Å². The highest BCUT2D eigenvalue weighted by atomic mass is 35.5. The maximum Gasteiger partial charge on any atom is 0.296 e. The lowest BCUT2D eigenvalue weighted by Crippen LogP contribution is -2.29. The number of aryl methyl sites for hydroxylation is 1. The number of halogens is 1. The van der Waals surface area contributed by atoms with Crippen molar-refractivity contribution in [1.29, 1.82) is 0 Å². The van der Waals surface area contributed by atoms with Crippen molar-refractivity contribution in [3.63, 3.8) is 0 Å². The molecule has 158 valence electrons. The molecule has 1 aliphatic heterocycles. The highest BCUT2D eigenvalue weighted by Crippen LogP contribution is 2.41. The Morgan fingerprint density at radius 1 is 1.16 bits per heavy atom. The van der Waals surface area contributed by atoms with Gasteiger partial charge in [-0.15, -0.1) is 0 Å². The predicted molar refractivity (Wildman–Crippen MR) is 116 cm³/mol. The number of carbonyl (C=O) groups is 2. The van der Waals surface area contributed by atoms with Crippen LogP contribution in [0.1, 0.15) is 28.5 Å². The summed E-state index contributed by atoms with van der Waals surface area (Å²) >= 11 is 6.21. The third kappa shape index (κ3) is 3.82. The van der Waals surface area contributed by atoms with Crippen LogP contribution in [0.5, 0.6) is 5.75 Å². The Labute approximate surface area is 184 Å². The normalized spacial score (nSPS) is 17.9. The molecule has 1 fully saturated rings. The molecule has 1 aromatic heterocycles. The number of rotatable bonds is 5. The maximum absolute atomic E-state index is 13.0. The van der Waals surface area contributed by atoms with E-state index >= 15 is 0 Å². The number of amides is 1. The summed E-state index contributed by atoms with van der Waals surface area (Å²) < 4.78 is 10.5. The number of nitrogens with zero attached hydrogens (tertiary/aromatic N) is 1. The summed E-state index contributed by atoms with van der Waals surface area (Å²) in [6, 6.07) is 14.9. The van der Waals surface area contributed by atoms with Gasteiger partial charge in [0.25, 0.3) is 11.7 Å². The minimum atomic E-state index is -0.772. The molecular formula is C24H20ClNO5. The third-order valence-corrected chi connectivity index (χ3v) is 5.52. The average Bonchev–Trinajstić information content (AvgIpc) is 3.35. The van der Waals surface area contributed by atoms with Crippen LogP contribution in [0, 0.1) is 6.92 Å². The zero-order chi connectivity index (χ0) is 22.1. The van der Waals surface area contributed by atoms with Crippen molar-refractivity contribution in [2.24, 2.45) is 0 Å². The van der Waals surface area contributed by atoms with Gasteiger partial charge < -0.3 is 19.2 Å². The van der Waals surface area contributed by atoms with Crippen molar-refractivity contribution in [3.8, 4) is 5.75 Å². The van der Waals surface area contributed by atoms with Crippen molar-refractivity contribution in [2.75, 3.05) is 7.11 Å². The van der Waals surface area contributed by atoms with Crippen LogP contribution in [0.15, 0.2) is 70.9 Å². The van der Waals surface area contributed by atoms with E-state index < -0.39 is 17.7 Å². The highest BCUT2D eigenvalue weighted by molar-refractivity contribution is 6.46. The number of methoxy groups -OCH3 is 1. The first-order valence-corrected chi connectivity index (χ1v) is 9.99. The molecule has 3 aromatic rings. The molecule has 0 bridgehead atoms. The van der Waals surface area contributed by atoms with Gasteiger partial charge in [0.1, 0.15) is 17.3 Å². The molecule has 4 rings (SSSR count). The van der Waals surface area contributed by atoms with E-state index in [1.165, 1.54) is 24.3 Å². The first kappa shape index (κ1) is 20.8. The number of carbonyl (C=O) groups excluding carboxylic acids is 2. The Hall–Kier alpha value is -3.51. The van der Waals surface area contributed by atoms with Crippen LogP contribution in [0.25, 0.3) is 5.76 Å². The zero-order valence-corrected chi connectivity index (χ0v) is 17.7. The van der Waals surface area contributed by atoms with Crippen LogP contribution < -0.4 is 4.74 Å². The van der Waals surface area contributed by atoms with Crippen LogP contribution in [0.4, 0.5) is 0 Å². The van der Waals surface area contributed by atoms with Crippen molar-refractivity contribution in [3.05, 3.63) is 93.9 Å². The molecule has 0 spiro atoms. The Morgan fingerprint density at radius 2 is 1.97 bits per heavy atom. The van der Waals surface area contributed by atoms with Crippen molar-refractivity contribution in [2.45, 2.75) is 19.5 Å². The number of hydrogen-bond acceptors (Lipinski definition) is 5. The number of furan rings is 1. The van der Waals surface area contributed by atoms with Gasteiger partial charge in [0, 0.05) is 5.56 Å². The summed E-state index contributed by atoms with van der Waals surface area (Å²) in [5.41, 5.74) is 2.00. The lowest BCUT2D eigenvalue weighted by atomic mass is 9.94. The summed E-state index contributed by atoms with van der Waals surface area (Å²) in [5.74, 6) is -0.790. The number of ether oxygens (including phenoxy) is 1. The molecule has 0 aliphatic carbocycles. The molecule has 7 heteroatoms. The SMILES string of the molecule is COc1ccc(/C(O)=C2/C(=O)C(=O)N(Cc3ccco3)C2c2cccc(C)c2)cc1Cl. The summed E-state index contributed by atoms with van der Waals surface area (Å²) in [6.45, 7) is 2.02. The molecule has 6 nitrogen and oxygen atoms in total. The Kier molecular flexibility index (Phi) is 5.57. The fourth-order valence-electron chi connectivity index (χ4n) is 3.77. The molecule has 1 amide bonds. The minimum Gasteiger partial charge on any atom is -0.507 e. The van der Waals surface area contributed by atoms with E-state index in [9.17, 15) is 14.7 Å². The standard InChI is InChI=1S/C24H20ClNO5/c1-14-5-3-6-15(11-14)21-20(22(27)16-8-9-19(30-2)18(25)12-16)23(28)24(29)26(21)13-17-7-4-10-31-17/h3-12,21,27H,13H2,1-2H3/b22-20-. The zero-order valence-electron chi connectivity index (χ0n) is 17.0. The van der Waals surface area contributed by atoms with E-state index in [1.807, 2.05) is 31.2 Å². The van der Waals surface area contributed by atoms with E-state index in [0.717, 1.165) is 5.56 Å². The van der Waals surface area contributed by atoms with Gasteiger partial charge in [-0.1, -0.05) is 41.4 Å². The van der Waals surface area contributed by atoms with Crippen molar-refractivity contribution < 1.29 is 23.8 Å². The molecule has 0 radical (unpaired) electrons. The van der Waals surface area contributed by atoms with Gasteiger partial charge in [-0.25, -0.2) is 0 Å². The van der Waals surface area contributed by atoms with Gasteiger partial charge in [-0.2, -0.15) is 0 Å². The highest BCUT2D eigenvalue weighted by Gasteiger charge is 2.46. The first-order valence-electron chi connectivity index (χ1n) is 9.62. The first-order chi connectivity index (χ1) is 14.9. The van der Waals surface area contributed by atoms with Crippen LogP contribution in [0.3, 0.4) is 0 Å². The molecule has 1 unspecified atom stereocenters. The lowest BCUT2D eigenvalue weighted by molar-refractivity contribution is -0.140. The number of benzene rings is 2. The Morgan fingerprint density at radius 3 is 2.61 bits per heavy atom. The van der Waals surface area contributed by atoms with E-state index in [4.69, 9.17) is 20.8 Å². The topological polar surface area (TPSA) is 80.0 Å². The Balaban J connectivity index is 1.87. The van der Waals surface area contributed by atoms with Gasteiger partial charge >= 0.3 is 0 Å². The van der Waals surface area contributed by atoms with Crippen LogP contribution in [-0.4, -0.2) is 28.8 Å². The van der Waals surface area contributed by atoms with Crippen LogP contribution >= 0.6 is 11.6 Å². The van der Waals surface area contributed by atoms with E-state index in [-0.39, 0.29) is 22.9 Å². The Bertz CT molecular complexity index is 1180. The van der Waals surface area contributed by atoms with Gasteiger partial charge in [0.15, 0.2) is 0 Å². The van der Waals surface area contributed by atoms with Gasteiger partial charge in [0.05, 0.1) is 36.6 Å². The second kappa shape index (κ2) is 8.32. The number of aliphatic hydroxyl groups excluding tert-OH is 1. The molecule has 1 saturated heterocycles. The molecular weight excluding hydrogens is 418 g/mol. The lowest BCUT2D eigenvalue weighted by Gasteiger charge is -2.24. The average molecular weight is 438 g/mol. The number of hydrogen-bond donors (Lipinski definition) is 1. The number of likely N-dealkylation sites (tertiary alicyclic amines) is 1. The fourth-order valence-corrected chi connectivity index (χ4v) is 4.03. The molecule has 2 heterocycles. The van der Waals surface area contributed by atoms with Crippen molar-refractivity contribution >= 4 is 29.1 Å². The van der Waals surface area contributed by atoms with E-state index in [1.54, 1.807) is 24.3 Å². The molecule has 0 saturated carbocycles. The molecule has 2 aromatic carbocycles. The van der Waals surface area contributed by atoms with Gasteiger partial charge in [-0.05, 0) is 42.8 Å². The fraction of sp³-hybridized carbons (Fsp3) is 0.167. The predicted octanol–water partition coefficient (Wildman–Crippen LogP) is 4.87. The molecule has 1 N–H and O–H groups in total. The van der Waals surface area contributed by atoms with Crippen LogP contribution in [0.2, 0.25) is 5.02 Å². The largest absolute Gasteiger partial charge is 0.507 e. The van der Waals surface area contributed by atoms with Crippen molar-refractivity contribution in [1.82, 2.24) is 4.90 Å².